The number of carbonyl (C=O) groups excluding carboxylic acids is 1. The molecule has 2 aromatic carbocycles. The summed E-state index contributed by atoms with van der Waals surface area (Å²) in [7, 11) is -3.87. The molecule has 0 spiro atoms. The van der Waals surface area contributed by atoms with Gasteiger partial charge < -0.3 is 14.9 Å². The Hall–Kier alpha value is -4.18. The third kappa shape index (κ3) is 4.73. The first-order valence-electron chi connectivity index (χ1n) is 11.1. The Kier molecular flexibility index (Phi) is 5.96. The standard InChI is InChI=1S/C25H23N5O4S/c31-22-15-21(16-26-17-22)29-11-13-30(14-12-29)25(32)19-6-8-20(9-7-19)28-35(33,34)23-5-1-3-18-4-2-10-27-24(18)23/h1-10,15-17,28,31H,11-14H2. The van der Waals surface area contributed by atoms with Gasteiger partial charge in [0.2, 0.25) is 0 Å². The zero-order valence-corrected chi connectivity index (χ0v) is 19.5. The lowest BCUT2D eigenvalue weighted by Gasteiger charge is -2.36. The molecular weight excluding hydrogens is 466 g/mol. The number of sulfonamides is 1. The van der Waals surface area contributed by atoms with E-state index in [4.69, 9.17) is 0 Å². The third-order valence-electron chi connectivity index (χ3n) is 5.91. The number of fused-ring (bicyclic) bond motifs is 1. The van der Waals surface area contributed by atoms with Crippen LogP contribution in [-0.2, 0) is 10.0 Å². The van der Waals surface area contributed by atoms with Gasteiger partial charge >= 0.3 is 0 Å². The van der Waals surface area contributed by atoms with E-state index in [1.807, 2.05) is 12.1 Å². The maximum atomic E-state index is 13.0. The molecule has 0 unspecified atom stereocenters. The van der Waals surface area contributed by atoms with E-state index in [-0.39, 0.29) is 16.6 Å². The third-order valence-corrected chi connectivity index (χ3v) is 7.32. The molecule has 2 aromatic heterocycles. The predicted molar refractivity (Wildman–Crippen MR) is 133 cm³/mol. The summed E-state index contributed by atoms with van der Waals surface area (Å²) in [6.45, 7) is 2.29. The van der Waals surface area contributed by atoms with Crippen molar-refractivity contribution in [2.45, 2.75) is 4.90 Å². The summed E-state index contributed by atoms with van der Waals surface area (Å²) in [4.78, 5) is 25.1. The fourth-order valence-electron chi connectivity index (χ4n) is 4.12. The smallest absolute Gasteiger partial charge is 0.264 e. The summed E-state index contributed by atoms with van der Waals surface area (Å²) in [6, 6.07) is 16.6. The lowest BCUT2D eigenvalue weighted by molar-refractivity contribution is 0.0746. The van der Waals surface area contributed by atoms with Crippen LogP contribution in [0.4, 0.5) is 11.4 Å². The minimum absolute atomic E-state index is 0.0931. The number of nitrogens with zero attached hydrogens (tertiary/aromatic N) is 4. The molecule has 35 heavy (non-hydrogen) atoms. The van der Waals surface area contributed by atoms with E-state index in [1.165, 1.54) is 12.3 Å². The van der Waals surface area contributed by atoms with E-state index in [9.17, 15) is 18.3 Å². The molecule has 2 N–H and O–H groups in total. The van der Waals surface area contributed by atoms with Gasteiger partial charge in [-0.15, -0.1) is 0 Å². The molecule has 0 atom stereocenters. The van der Waals surface area contributed by atoms with Crippen LogP contribution in [-0.4, -0.2) is 60.5 Å². The number of nitrogens with one attached hydrogen (secondary N) is 1. The number of rotatable bonds is 5. The van der Waals surface area contributed by atoms with Crippen molar-refractivity contribution in [1.29, 1.82) is 0 Å². The summed E-state index contributed by atoms with van der Waals surface area (Å²) in [6.07, 6.45) is 4.62. The average molecular weight is 490 g/mol. The Morgan fingerprint density at radius 1 is 0.943 bits per heavy atom. The first kappa shape index (κ1) is 22.6. The van der Waals surface area contributed by atoms with Crippen LogP contribution < -0.4 is 9.62 Å². The fraction of sp³-hybridized carbons (Fsp3) is 0.160. The first-order valence-corrected chi connectivity index (χ1v) is 12.5. The Balaban J connectivity index is 1.25. The normalized spacial score (nSPS) is 14.2. The molecule has 1 amide bonds. The van der Waals surface area contributed by atoms with E-state index in [0.717, 1.165) is 11.1 Å². The first-order chi connectivity index (χ1) is 16.9. The van der Waals surface area contributed by atoms with E-state index < -0.39 is 10.0 Å². The van der Waals surface area contributed by atoms with Crippen LogP contribution in [0.25, 0.3) is 10.9 Å². The van der Waals surface area contributed by atoms with Crippen molar-refractivity contribution < 1.29 is 18.3 Å². The number of amides is 1. The summed E-state index contributed by atoms with van der Waals surface area (Å²) in [5.41, 5.74) is 2.05. The molecule has 9 nitrogen and oxygen atoms in total. The lowest BCUT2D eigenvalue weighted by atomic mass is 10.1. The molecule has 10 heteroatoms. The second-order valence-electron chi connectivity index (χ2n) is 8.19. The van der Waals surface area contributed by atoms with Gasteiger partial charge in [0.1, 0.15) is 10.6 Å². The fourth-order valence-corrected chi connectivity index (χ4v) is 5.36. The highest BCUT2D eigenvalue weighted by atomic mass is 32.2. The van der Waals surface area contributed by atoms with Crippen molar-refractivity contribution in [2.75, 3.05) is 35.8 Å². The van der Waals surface area contributed by atoms with Crippen LogP contribution in [0.5, 0.6) is 5.75 Å². The number of piperazine rings is 1. The van der Waals surface area contributed by atoms with Gasteiger partial charge in [-0.2, -0.15) is 0 Å². The summed E-state index contributed by atoms with van der Waals surface area (Å²) in [5, 5.41) is 10.4. The van der Waals surface area contributed by atoms with Gasteiger partial charge in [-0.25, -0.2) is 8.42 Å². The lowest BCUT2D eigenvalue weighted by Crippen LogP contribution is -2.48. The number of benzene rings is 2. The van der Waals surface area contributed by atoms with Crippen molar-refractivity contribution in [2.24, 2.45) is 0 Å². The molecule has 0 radical (unpaired) electrons. The monoisotopic (exact) mass is 489 g/mol. The van der Waals surface area contributed by atoms with Crippen LogP contribution in [0.3, 0.4) is 0 Å². The minimum Gasteiger partial charge on any atom is -0.506 e. The quantitative estimate of drug-likeness (QED) is 0.443. The van der Waals surface area contributed by atoms with E-state index in [1.54, 1.807) is 59.8 Å². The topological polar surface area (TPSA) is 116 Å². The van der Waals surface area contributed by atoms with E-state index >= 15 is 0 Å². The zero-order chi connectivity index (χ0) is 24.4. The van der Waals surface area contributed by atoms with Gasteiger partial charge in [0.05, 0.1) is 23.6 Å². The van der Waals surface area contributed by atoms with Gasteiger partial charge in [0, 0.05) is 55.1 Å². The van der Waals surface area contributed by atoms with Crippen LogP contribution in [0.15, 0.2) is 84.1 Å². The molecule has 1 aliphatic rings. The Bertz CT molecular complexity index is 1480. The van der Waals surface area contributed by atoms with Crippen molar-refractivity contribution in [3.63, 3.8) is 0 Å². The van der Waals surface area contributed by atoms with Crippen molar-refractivity contribution in [3.05, 3.63) is 84.8 Å². The molecule has 5 rings (SSSR count). The van der Waals surface area contributed by atoms with Crippen molar-refractivity contribution in [1.82, 2.24) is 14.9 Å². The summed E-state index contributed by atoms with van der Waals surface area (Å²) < 4.78 is 28.6. The number of para-hydroxylation sites is 1. The Labute approximate surface area is 202 Å². The number of aromatic nitrogens is 2. The zero-order valence-electron chi connectivity index (χ0n) is 18.7. The molecular formula is C25H23N5O4S. The van der Waals surface area contributed by atoms with Gasteiger partial charge in [0.25, 0.3) is 15.9 Å². The van der Waals surface area contributed by atoms with Gasteiger partial charge in [-0.05, 0) is 36.4 Å². The molecule has 4 aromatic rings. The molecule has 1 fully saturated rings. The second kappa shape index (κ2) is 9.22. The highest BCUT2D eigenvalue weighted by Crippen LogP contribution is 2.24. The molecule has 178 valence electrons. The SMILES string of the molecule is O=C(c1ccc(NS(=O)(=O)c2cccc3cccnc23)cc1)N1CCN(c2cncc(O)c2)CC1. The number of anilines is 2. The predicted octanol–water partition coefficient (Wildman–Crippen LogP) is 3.10. The number of pyridine rings is 2. The molecule has 0 saturated carbocycles. The van der Waals surface area contributed by atoms with Crippen LogP contribution in [0.2, 0.25) is 0 Å². The Morgan fingerprint density at radius 2 is 1.69 bits per heavy atom. The van der Waals surface area contributed by atoms with E-state index in [0.29, 0.717) is 42.9 Å². The summed E-state index contributed by atoms with van der Waals surface area (Å²) >= 11 is 0. The molecule has 1 saturated heterocycles. The maximum absolute atomic E-state index is 13.0. The molecule has 0 bridgehead atoms. The van der Waals surface area contributed by atoms with Gasteiger partial charge in [-0.1, -0.05) is 18.2 Å². The molecule has 1 aliphatic heterocycles. The summed E-state index contributed by atoms with van der Waals surface area (Å²) in [5.74, 6) is -0.0141. The number of carbonyl (C=O) groups is 1. The van der Waals surface area contributed by atoms with E-state index in [2.05, 4.69) is 19.6 Å². The Morgan fingerprint density at radius 3 is 2.43 bits per heavy atom. The number of hydrogen-bond donors (Lipinski definition) is 2. The highest BCUT2D eigenvalue weighted by Gasteiger charge is 2.23. The van der Waals surface area contributed by atoms with Crippen LogP contribution >= 0.6 is 0 Å². The minimum atomic E-state index is -3.87. The highest BCUT2D eigenvalue weighted by molar-refractivity contribution is 7.93. The van der Waals surface area contributed by atoms with Crippen LogP contribution in [0.1, 0.15) is 10.4 Å². The number of aromatic hydroxyl groups is 1. The maximum Gasteiger partial charge on any atom is 0.264 e. The van der Waals surface area contributed by atoms with Crippen molar-refractivity contribution in [3.8, 4) is 5.75 Å². The number of hydrogen-bond acceptors (Lipinski definition) is 7. The van der Waals surface area contributed by atoms with Crippen molar-refractivity contribution >= 4 is 38.2 Å². The average Bonchev–Trinajstić information content (AvgIpc) is 2.88. The molecule has 3 heterocycles. The van der Waals surface area contributed by atoms with Gasteiger partial charge in [0.15, 0.2) is 0 Å². The van der Waals surface area contributed by atoms with Gasteiger partial charge in [-0.3, -0.25) is 19.5 Å². The molecule has 0 aliphatic carbocycles. The largest absolute Gasteiger partial charge is 0.506 e. The van der Waals surface area contributed by atoms with Crippen LogP contribution in [0, 0.1) is 0 Å². The second-order valence-corrected chi connectivity index (χ2v) is 9.85.